The van der Waals surface area contributed by atoms with Crippen molar-refractivity contribution < 1.29 is 17.9 Å². The molecule has 0 saturated carbocycles. The third-order valence-corrected chi connectivity index (χ3v) is 3.44. The Kier molecular flexibility index (Phi) is 4.64. The first-order valence-corrected chi connectivity index (χ1v) is 6.89. The van der Waals surface area contributed by atoms with Crippen molar-refractivity contribution in [2.45, 2.75) is 26.6 Å². The van der Waals surface area contributed by atoms with E-state index in [0.29, 0.717) is 11.3 Å². The van der Waals surface area contributed by atoms with Gasteiger partial charge >= 0.3 is 6.18 Å². The number of rotatable bonds is 4. The lowest BCUT2D eigenvalue weighted by Gasteiger charge is -2.13. The van der Waals surface area contributed by atoms with E-state index in [-0.39, 0.29) is 6.61 Å². The topological polar surface area (TPSA) is 21.3 Å². The van der Waals surface area contributed by atoms with Crippen molar-refractivity contribution in [2.75, 3.05) is 12.4 Å². The Bertz CT molecular complexity index is 625. The van der Waals surface area contributed by atoms with Crippen molar-refractivity contribution in [2.24, 2.45) is 0 Å². The van der Waals surface area contributed by atoms with Gasteiger partial charge in [0.05, 0.1) is 5.56 Å². The van der Waals surface area contributed by atoms with E-state index >= 15 is 0 Å². The van der Waals surface area contributed by atoms with E-state index < -0.39 is 11.7 Å². The molecule has 0 radical (unpaired) electrons. The van der Waals surface area contributed by atoms with E-state index in [1.165, 1.54) is 12.1 Å². The molecule has 0 aliphatic heterocycles. The summed E-state index contributed by atoms with van der Waals surface area (Å²) in [5.74, 6) is 0.703. The maximum Gasteiger partial charge on any atom is 0.416 e. The Balaban J connectivity index is 2.07. The molecule has 0 unspecified atom stereocenters. The zero-order chi connectivity index (χ0) is 16.3. The lowest BCUT2D eigenvalue weighted by molar-refractivity contribution is -0.137. The first kappa shape index (κ1) is 16.2. The van der Waals surface area contributed by atoms with Crippen LogP contribution in [0.5, 0.6) is 5.75 Å². The fraction of sp³-hybridized carbons (Fsp3) is 0.294. The van der Waals surface area contributed by atoms with Crippen LogP contribution < -0.4 is 10.1 Å². The second-order valence-electron chi connectivity index (χ2n) is 5.17. The second-order valence-corrected chi connectivity index (χ2v) is 5.17. The molecule has 0 aromatic heterocycles. The number of benzene rings is 2. The predicted octanol–water partition coefficient (Wildman–Crippen LogP) is 4.94. The Morgan fingerprint density at radius 3 is 2.00 bits per heavy atom. The van der Waals surface area contributed by atoms with Crippen molar-refractivity contribution in [1.82, 2.24) is 0 Å². The van der Waals surface area contributed by atoms with Crippen molar-refractivity contribution in [3.05, 3.63) is 58.7 Å². The summed E-state index contributed by atoms with van der Waals surface area (Å²) in [6.45, 7) is 4.18. The molecule has 2 rings (SSSR count). The van der Waals surface area contributed by atoms with Gasteiger partial charge in [-0.3, -0.25) is 0 Å². The van der Waals surface area contributed by atoms with Crippen LogP contribution in [0.15, 0.2) is 36.4 Å². The molecule has 1 N–H and O–H groups in total. The van der Waals surface area contributed by atoms with Gasteiger partial charge in [-0.1, -0.05) is 12.1 Å². The monoisotopic (exact) mass is 309 g/mol. The highest BCUT2D eigenvalue weighted by molar-refractivity contribution is 5.59. The summed E-state index contributed by atoms with van der Waals surface area (Å²) < 4.78 is 43.1. The van der Waals surface area contributed by atoms with Crippen LogP contribution >= 0.6 is 0 Å². The van der Waals surface area contributed by atoms with E-state index in [1.807, 2.05) is 33.0 Å². The van der Waals surface area contributed by atoms with Gasteiger partial charge in [-0.2, -0.15) is 13.2 Å². The molecular weight excluding hydrogens is 291 g/mol. The average Bonchev–Trinajstić information content (AvgIpc) is 2.44. The van der Waals surface area contributed by atoms with Crippen LogP contribution in [0.2, 0.25) is 0 Å². The molecule has 0 bridgehead atoms. The summed E-state index contributed by atoms with van der Waals surface area (Å²) in [4.78, 5) is 0. The number of nitrogens with one attached hydrogen (secondary N) is 1. The molecule has 0 saturated heterocycles. The van der Waals surface area contributed by atoms with Gasteiger partial charge in [0.2, 0.25) is 0 Å². The summed E-state index contributed by atoms with van der Waals surface area (Å²) in [6, 6.07) is 8.82. The number of hydrogen-bond donors (Lipinski definition) is 1. The Morgan fingerprint density at radius 2 is 1.55 bits per heavy atom. The predicted molar refractivity (Wildman–Crippen MR) is 81.2 cm³/mol. The molecule has 5 heteroatoms. The summed E-state index contributed by atoms with van der Waals surface area (Å²) in [5.41, 5.74) is 3.22. The molecule has 0 atom stereocenters. The summed E-state index contributed by atoms with van der Waals surface area (Å²) in [7, 11) is 1.86. The number of ether oxygens (including phenoxy) is 1. The van der Waals surface area contributed by atoms with Gasteiger partial charge in [0.25, 0.3) is 0 Å². The molecule has 2 aromatic rings. The normalized spacial score (nSPS) is 11.4. The Morgan fingerprint density at radius 1 is 1.00 bits per heavy atom. The first-order valence-electron chi connectivity index (χ1n) is 6.89. The minimum atomic E-state index is -4.31. The molecule has 118 valence electrons. The summed E-state index contributed by atoms with van der Waals surface area (Å²) >= 11 is 0. The molecule has 0 aliphatic rings. The fourth-order valence-electron chi connectivity index (χ4n) is 2.36. The zero-order valence-electron chi connectivity index (χ0n) is 12.7. The number of halogens is 3. The smallest absolute Gasteiger partial charge is 0.416 e. The molecule has 22 heavy (non-hydrogen) atoms. The maximum atomic E-state index is 12.5. The molecule has 0 aliphatic carbocycles. The van der Waals surface area contributed by atoms with Crippen molar-refractivity contribution in [1.29, 1.82) is 0 Å². The SMILES string of the molecule is CNc1c(C)cc(OCc2ccc(C(F)(F)F)cc2)cc1C. The number of anilines is 1. The van der Waals surface area contributed by atoms with Crippen LogP contribution in [0.1, 0.15) is 22.3 Å². The van der Waals surface area contributed by atoms with E-state index in [1.54, 1.807) is 0 Å². The van der Waals surface area contributed by atoms with E-state index in [4.69, 9.17) is 4.74 Å². The molecule has 0 amide bonds. The number of alkyl halides is 3. The highest BCUT2D eigenvalue weighted by Gasteiger charge is 2.29. The van der Waals surface area contributed by atoms with Crippen LogP contribution in [-0.4, -0.2) is 7.05 Å². The third-order valence-electron chi connectivity index (χ3n) is 3.44. The first-order chi connectivity index (χ1) is 10.3. The van der Waals surface area contributed by atoms with Gasteiger partial charge in [-0.25, -0.2) is 0 Å². The maximum absolute atomic E-state index is 12.5. The third kappa shape index (κ3) is 3.72. The van der Waals surface area contributed by atoms with Crippen LogP contribution in [0.4, 0.5) is 18.9 Å². The van der Waals surface area contributed by atoms with Crippen LogP contribution in [0.3, 0.4) is 0 Å². The minimum absolute atomic E-state index is 0.232. The van der Waals surface area contributed by atoms with E-state index in [9.17, 15) is 13.2 Å². The second kappa shape index (κ2) is 6.30. The molecule has 0 spiro atoms. The highest BCUT2D eigenvalue weighted by atomic mass is 19.4. The molecular formula is C17H18F3NO. The van der Waals surface area contributed by atoms with Gasteiger partial charge in [0.15, 0.2) is 0 Å². The Labute approximate surface area is 127 Å². The van der Waals surface area contributed by atoms with Gasteiger partial charge in [-0.05, 0) is 54.8 Å². The van der Waals surface area contributed by atoms with E-state index in [0.717, 1.165) is 28.9 Å². The minimum Gasteiger partial charge on any atom is -0.489 e. The lowest BCUT2D eigenvalue weighted by Crippen LogP contribution is -2.05. The Hall–Kier alpha value is -2.17. The van der Waals surface area contributed by atoms with Crippen LogP contribution in [-0.2, 0) is 12.8 Å². The van der Waals surface area contributed by atoms with Crippen LogP contribution in [0, 0.1) is 13.8 Å². The number of hydrogen-bond acceptors (Lipinski definition) is 2. The molecule has 0 heterocycles. The highest BCUT2D eigenvalue weighted by Crippen LogP contribution is 2.30. The quantitative estimate of drug-likeness (QED) is 0.863. The van der Waals surface area contributed by atoms with Gasteiger partial charge in [0, 0.05) is 12.7 Å². The molecule has 0 fully saturated rings. The average molecular weight is 309 g/mol. The largest absolute Gasteiger partial charge is 0.489 e. The van der Waals surface area contributed by atoms with Crippen molar-refractivity contribution in [3.8, 4) is 5.75 Å². The van der Waals surface area contributed by atoms with Crippen molar-refractivity contribution >= 4 is 5.69 Å². The van der Waals surface area contributed by atoms with Gasteiger partial charge in [0.1, 0.15) is 12.4 Å². The number of aryl methyl sites for hydroxylation is 2. The standard InChI is InChI=1S/C17H18F3NO/c1-11-8-15(9-12(2)16(11)21-3)22-10-13-4-6-14(7-5-13)17(18,19)20/h4-9,21H,10H2,1-3H3. The van der Waals surface area contributed by atoms with E-state index in [2.05, 4.69) is 5.32 Å². The lowest BCUT2D eigenvalue weighted by atomic mass is 10.1. The van der Waals surface area contributed by atoms with Crippen molar-refractivity contribution in [3.63, 3.8) is 0 Å². The zero-order valence-corrected chi connectivity index (χ0v) is 12.7. The van der Waals surface area contributed by atoms with Gasteiger partial charge in [-0.15, -0.1) is 0 Å². The summed E-state index contributed by atoms with van der Waals surface area (Å²) in [6.07, 6.45) is -4.31. The fourth-order valence-corrected chi connectivity index (χ4v) is 2.36. The summed E-state index contributed by atoms with van der Waals surface area (Å²) in [5, 5.41) is 3.12. The van der Waals surface area contributed by atoms with Crippen LogP contribution in [0.25, 0.3) is 0 Å². The van der Waals surface area contributed by atoms with Gasteiger partial charge < -0.3 is 10.1 Å². The molecule has 2 aromatic carbocycles. The molecule has 2 nitrogen and oxygen atoms in total.